The third-order valence-electron chi connectivity index (χ3n) is 6.86. The second-order valence-corrected chi connectivity index (χ2v) is 11.0. The molecule has 0 saturated heterocycles. The number of hydrogen-bond donors (Lipinski definition) is 1. The lowest BCUT2D eigenvalue weighted by atomic mass is 9.74. The third kappa shape index (κ3) is 11.5. The van der Waals surface area contributed by atoms with Crippen molar-refractivity contribution in [2.75, 3.05) is 11.9 Å². The van der Waals surface area contributed by atoms with E-state index in [2.05, 4.69) is 12.2 Å². The fourth-order valence-corrected chi connectivity index (χ4v) is 4.66. The summed E-state index contributed by atoms with van der Waals surface area (Å²) >= 11 is 0. The van der Waals surface area contributed by atoms with Gasteiger partial charge in [-0.15, -0.1) is 0 Å². The number of Topliss-reactive ketones (excluding diaryl/α,β-unsaturated/α-hetero) is 2. The maximum absolute atomic E-state index is 12.3. The molecule has 1 saturated carbocycles. The van der Waals surface area contributed by atoms with E-state index in [1.54, 1.807) is 24.3 Å². The van der Waals surface area contributed by atoms with Gasteiger partial charge >= 0.3 is 5.97 Å². The molecule has 1 aliphatic carbocycles. The zero-order valence-corrected chi connectivity index (χ0v) is 22.8. The highest BCUT2D eigenvalue weighted by Crippen LogP contribution is 2.33. The maximum atomic E-state index is 12.3. The number of nitrogens with one attached hydrogen (secondary N) is 1. The monoisotopic (exact) mass is 497 g/mol. The van der Waals surface area contributed by atoms with Crippen LogP contribution in [0.2, 0.25) is 0 Å². The minimum absolute atomic E-state index is 0.128. The molecule has 0 amide bonds. The van der Waals surface area contributed by atoms with Gasteiger partial charge in [0.2, 0.25) is 0 Å². The summed E-state index contributed by atoms with van der Waals surface area (Å²) in [5.41, 5.74) is 1.14. The Kier molecular flexibility index (Phi) is 13.5. The van der Waals surface area contributed by atoms with Gasteiger partial charge < -0.3 is 10.1 Å². The SMILES string of the molecule is CCCCCCCCCCCCCCCOC(=O)c1ccc(NC=C2C(=O)CC(C)(C)CC2=O)cc1. The zero-order valence-electron chi connectivity index (χ0n) is 22.8. The van der Waals surface area contributed by atoms with Gasteiger partial charge in [-0.1, -0.05) is 97.8 Å². The van der Waals surface area contributed by atoms with Crippen LogP contribution in [0.1, 0.15) is 127 Å². The Bertz CT molecular complexity index is 832. The number of benzene rings is 1. The summed E-state index contributed by atoms with van der Waals surface area (Å²) in [5, 5.41) is 3.01. The highest BCUT2D eigenvalue weighted by molar-refractivity contribution is 6.22. The van der Waals surface area contributed by atoms with Gasteiger partial charge in [0.1, 0.15) is 0 Å². The molecule has 0 aliphatic heterocycles. The van der Waals surface area contributed by atoms with Gasteiger partial charge in [-0.05, 0) is 36.1 Å². The van der Waals surface area contributed by atoms with Crippen molar-refractivity contribution in [3.8, 4) is 0 Å². The molecule has 1 aromatic carbocycles. The molecule has 1 aromatic rings. The van der Waals surface area contributed by atoms with Gasteiger partial charge in [-0.3, -0.25) is 9.59 Å². The maximum Gasteiger partial charge on any atom is 0.338 e. The quantitative estimate of drug-likeness (QED) is 0.102. The summed E-state index contributed by atoms with van der Waals surface area (Å²) in [6, 6.07) is 6.89. The van der Waals surface area contributed by atoms with Crippen molar-refractivity contribution in [3.05, 3.63) is 41.6 Å². The Labute approximate surface area is 218 Å². The normalized spacial score (nSPS) is 15.1. The van der Waals surface area contributed by atoms with E-state index in [9.17, 15) is 14.4 Å². The molecule has 2 rings (SSSR count). The molecule has 200 valence electrons. The van der Waals surface area contributed by atoms with Crippen LogP contribution >= 0.6 is 0 Å². The minimum atomic E-state index is -0.321. The largest absolute Gasteiger partial charge is 0.462 e. The molecule has 0 heterocycles. The van der Waals surface area contributed by atoms with E-state index in [0.29, 0.717) is 30.7 Å². The summed E-state index contributed by atoms with van der Waals surface area (Å²) in [4.78, 5) is 36.8. The van der Waals surface area contributed by atoms with Crippen molar-refractivity contribution in [3.63, 3.8) is 0 Å². The van der Waals surface area contributed by atoms with Gasteiger partial charge in [-0.2, -0.15) is 0 Å². The van der Waals surface area contributed by atoms with Crippen LogP contribution in [-0.4, -0.2) is 24.1 Å². The fraction of sp³-hybridized carbons (Fsp3) is 0.645. The molecule has 1 aliphatic rings. The average molecular weight is 498 g/mol. The second-order valence-electron chi connectivity index (χ2n) is 11.0. The van der Waals surface area contributed by atoms with Crippen molar-refractivity contribution in [2.24, 2.45) is 5.41 Å². The van der Waals surface area contributed by atoms with Crippen LogP contribution < -0.4 is 5.32 Å². The van der Waals surface area contributed by atoms with E-state index in [4.69, 9.17) is 4.74 Å². The van der Waals surface area contributed by atoms with Crippen molar-refractivity contribution < 1.29 is 19.1 Å². The molecule has 0 aromatic heterocycles. The van der Waals surface area contributed by atoms with Gasteiger partial charge in [-0.25, -0.2) is 4.79 Å². The van der Waals surface area contributed by atoms with Gasteiger partial charge in [0.05, 0.1) is 17.7 Å². The number of unbranched alkanes of at least 4 members (excludes halogenated alkanes) is 12. The highest BCUT2D eigenvalue weighted by Gasteiger charge is 2.35. The van der Waals surface area contributed by atoms with Gasteiger partial charge in [0, 0.05) is 24.7 Å². The smallest absolute Gasteiger partial charge is 0.338 e. The third-order valence-corrected chi connectivity index (χ3v) is 6.86. The van der Waals surface area contributed by atoms with Crippen LogP contribution in [0.4, 0.5) is 5.69 Å². The van der Waals surface area contributed by atoms with Gasteiger partial charge in [0.15, 0.2) is 11.6 Å². The number of hydrogen-bond acceptors (Lipinski definition) is 5. The van der Waals surface area contributed by atoms with E-state index in [-0.39, 0.29) is 28.5 Å². The first-order valence-corrected chi connectivity index (χ1v) is 14.1. The van der Waals surface area contributed by atoms with Crippen LogP contribution in [-0.2, 0) is 14.3 Å². The van der Waals surface area contributed by atoms with Crippen LogP contribution in [0, 0.1) is 5.41 Å². The van der Waals surface area contributed by atoms with E-state index < -0.39 is 0 Å². The minimum Gasteiger partial charge on any atom is -0.462 e. The Hall–Kier alpha value is -2.43. The molecule has 1 N–H and O–H groups in total. The van der Waals surface area contributed by atoms with Crippen LogP contribution in [0.25, 0.3) is 0 Å². The topological polar surface area (TPSA) is 72.5 Å². The number of esters is 1. The fourth-order valence-electron chi connectivity index (χ4n) is 4.66. The Morgan fingerprint density at radius 3 is 1.78 bits per heavy atom. The molecular weight excluding hydrogens is 450 g/mol. The predicted molar refractivity (Wildman–Crippen MR) is 147 cm³/mol. The summed E-state index contributed by atoms with van der Waals surface area (Å²) in [7, 11) is 0. The van der Waals surface area contributed by atoms with E-state index in [0.717, 1.165) is 12.8 Å². The van der Waals surface area contributed by atoms with E-state index in [1.165, 1.54) is 76.8 Å². The predicted octanol–water partition coefficient (Wildman–Crippen LogP) is 8.19. The molecule has 0 atom stereocenters. The van der Waals surface area contributed by atoms with Crippen LogP contribution in [0.5, 0.6) is 0 Å². The number of allylic oxidation sites excluding steroid dienone is 1. The molecule has 0 bridgehead atoms. The van der Waals surface area contributed by atoms with Crippen LogP contribution in [0.3, 0.4) is 0 Å². The second kappa shape index (κ2) is 16.3. The molecule has 5 heteroatoms. The molecule has 5 nitrogen and oxygen atoms in total. The zero-order chi connectivity index (χ0) is 26.2. The van der Waals surface area contributed by atoms with Crippen molar-refractivity contribution in [1.82, 2.24) is 0 Å². The first-order valence-electron chi connectivity index (χ1n) is 14.1. The van der Waals surface area contributed by atoms with Crippen molar-refractivity contribution in [1.29, 1.82) is 0 Å². The lowest BCUT2D eigenvalue weighted by molar-refractivity contribution is -0.127. The van der Waals surface area contributed by atoms with E-state index in [1.807, 2.05) is 13.8 Å². The summed E-state index contributed by atoms with van der Waals surface area (Å²) in [5.74, 6) is -0.576. The summed E-state index contributed by atoms with van der Waals surface area (Å²) < 4.78 is 5.41. The Balaban J connectivity index is 1.55. The molecule has 0 radical (unpaired) electrons. The molecule has 1 fully saturated rings. The molecular formula is C31H47NO4. The molecule has 0 spiro atoms. The number of anilines is 1. The lowest BCUT2D eigenvalue weighted by Crippen LogP contribution is -2.31. The molecule has 36 heavy (non-hydrogen) atoms. The Morgan fingerprint density at radius 2 is 1.28 bits per heavy atom. The highest BCUT2D eigenvalue weighted by atomic mass is 16.5. The van der Waals surface area contributed by atoms with Gasteiger partial charge in [0.25, 0.3) is 0 Å². The Morgan fingerprint density at radius 1 is 0.806 bits per heavy atom. The lowest BCUT2D eigenvalue weighted by Gasteiger charge is -2.28. The number of rotatable bonds is 17. The average Bonchev–Trinajstić information content (AvgIpc) is 2.83. The van der Waals surface area contributed by atoms with Crippen molar-refractivity contribution in [2.45, 2.75) is 117 Å². The molecule has 0 unspecified atom stereocenters. The number of carbonyl (C=O) groups is 3. The number of carbonyl (C=O) groups excluding carboxylic acids is 3. The first kappa shape index (κ1) is 29.8. The number of ketones is 2. The number of ether oxygens (including phenoxy) is 1. The van der Waals surface area contributed by atoms with E-state index >= 15 is 0 Å². The van der Waals surface area contributed by atoms with Crippen LogP contribution in [0.15, 0.2) is 36.0 Å². The standard InChI is InChI=1S/C31H47NO4/c1-4-5-6-7-8-9-10-11-12-13-14-15-16-21-36-30(35)25-17-19-26(20-18-25)32-24-27-28(33)22-31(2,3)23-29(27)34/h17-20,24,32H,4-16,21-23H2,1-3H3. The summed E-state index contributed by atoms with van der Waals surface area (Å²) in [6.45, 7) is 6.58. The first-order chi connectivity index (χ1) is 17.3. The van der Waals surface area contributed by atoms with Crippen molar-refractivity contribution >= 4 is 23.2 Å². The summed E-state index contributed by atoms with van der Waals surface area (Å²) in [6.07, 6.45) is 19.0.